The molecule has 0 spiro atoms. The van der Waals surface area contributed by atoms with Crippen LogP contribution in [0.25, 0.3) is 0 Å². The standard InChI is InChI=1S/C43H65Cl2N7O5S2/c1-9-12-14-16-18-20-25-52(26-21-19-17-15-13-10-2)59(56,57)40-30-36(44)39(29-37(40)45)50-43(53)42(41-32(5)47-34(7)48-33(41)6)49-38-23-22-35(28-31(38)4)51(11-3)27-24-46-58(8,54)55/h22-23,28-30,46H,9-21,24-27H2,1-8H3,(H,50,53). The van der Waals surface area contributed by atoms with Crippen LogP contribution in [0.2, 0.25) is 10.0 Å². The van der Waals surface area contributed by atoms with Gasteiger partial charge >= 0.3 is 0 Å². The Morgan fingerprint density at radius 2 is 1.31 bits per heavy atom. The zero-order chi connectivity index (χ0) is 43.8. The fourth-order valence-electron chi connectivity index (χ4n) is 7.00. The molecule has 2 N–H and O–H groups in total. The molecule has 0 aliphatic rings. The summed E-state index contributed by atoms with van der Waals surface area (Å²) < 4.78 is 55.7. The Morgan fingerprint density at radius 3 is 1.83 bits per heavy atom. The SMILES string of the molecule is CCCCCCCCN(CCCCCCCC)S(=O)(=O)c1cc(Cl)c(NC(=O)C(=Nc2ccc(N(CC)CCNS(C)(=O)=O)cc2C)c2c(C)nc(C)nc2C)cc1Cl. The van der Waals surface area contributed by atoms with Crippen LogP contribution >= 0.6 is 23.2 Å². The molecule has 0 fully saturated rings. The van der Waals surface area contributed by atoms with Crippen molar-refractivity contribution in [3.05, 3.63) is 68.7 Å². The van der Waals surface area contributed by atoms with Gasteiger partial charge in [0.25, 0.3) is 5.91 Å². The smallest absolute Gasteiger partial charge is 0.275 e. The van der Waals surface area contributed by atoms with Crippen LogP contribution in [0, 0.1) is 27.7 Å². The number of likely N-dealkylation sites (N-methyl/N-ethyl adjacent to an activating group) is 1. The van der Waals surface area contributed by atoms with E-state index in [2.05, 4.69) is 33.9 Å². The number of hydrogen-bond acceptors (Lipinski definition) is 9. The molecule has 16 heteroatoms. The predicted octanol–water partition coefficient (Wildman–Crippen LogP) is 9.86. The number of anilines is 2. The number of hydrogen-bond donors (Lipinski definition) is 2. The van der Waals surface area contributed by atoms with Crippen LogP contribution in [0.1, 0.15) is 126 Å². The van der Waals surface area contributed by atoms with E-state index >= 15 is 0 Å². The zero-order valence-electron chi connectivity index (χ0n) is 36.3. The van der Waals surface area contributed by atoms with Crippen LogP contribution in [-0.4, -0.2) is 81.7 Å². The van der Waals surface area contributed by atoms with Gasteiger partial charge in [-0.25, -0.2) is 36.5 Å². The fraction of sp³-hybridized carbons (Fsp3) is 0.581. The molecule has 1 amide bonds. The second-order valence-corrected chi connectivity index (χ2v) is 19.7. The number of amides is 1. The van der Waals surface area contributed by atoms with E-state index in [0.717, 1.165) is 81.7 Å². The number of nitrogens with one attached hydrogen (secondary N) is 2. The Labute approximate surface area is 364 Å². The molecule has 0 bridgehead atoms. The second-order valence-electron chi connectivity index (χ2n) is 15.2. The maximum absolute atomic E-state index is 14.3. The molecular formula is C43H65Cl2N7O5S2. The van der Waals surface area contributed by atoms with Crippen LogP contribution < -0.4 is 14.9 Å². The number of aryl methyl sites for hydroxylation is 4. The van der Waals surface area contributed by atoms with Gasteiger partial charge in [-0.1, -0.05) is 101 Å². The highest BCUT2D eigenvalue weighted by Crippen LogP contribution is 2.35. The van der Waals surface area contributed by atoms with Crippen molar-refractivity contribution in [2.45, 2.75) is 130 Å². The summed E-state index contributed by atoms with van der Waals surface area (Å²) in [5.41, 5.74) is 3.87. The summed E-state index contributed by atoms with van der Waals surface area (Å²) in [5, 5.41) is 2.80. The summed E-state index contributed by atoms with van der Waals surface area (Å²) >= 11 is 13.6. The molecule has 3 aromatic rings. The summed E-state index contributed by atoms with van der Waals surface area (Å²) in [7, 11) is -7.33. The topological polar surface area (TPSA) is 154 Å². The maximum Gasteiger partial charge on any atom is 0.275 e. The van der Waals surface area contributed by atoms with Crippen molar-refractivity contribution < 1.29 is 21.6 Å². The largest absolute Gasteiger partial charge is 0.370 e. The third-order valence-corrected chi connectivity index (χ3v) is 13.6. The Hall–Kier alpha value is -3.14. The van der Waals surface area contributed by atoms with Crippen molar-refractivity contribution >= 4 is 71.9 Å². The van der Waals surface area contributed by atoms with Crippen LogP contribution in [0.15, 0.2) is 40.2 Å². The third-order valence-electron chi connectivity index (χ3n) is 10.1. The fourth-order valence-corrected chi connectivity index (χ4v) is 9.78. The molecule has 1 heterocycles. The molecule has 12 nitrogen and oxygen atoms in total. The number of aliphatic imine (C=N–C) groups is 1. The number of carbonyl (C=O) groups is 1. The highest BCUT2D eigenvalue weighted by Gasteiger charge is 2.29. The number of aromatic nitrogens is 2. The lowest BCUT2D eigenvalue weighted by atomic mass is 10.0. The van der Waals surface area contributed by atoms with E-state index < -0.39 is 26.0 Å². The van der Waals surface area contributed by atoms with Crippen LogP contribution in [0.5, 0.6) is 0 Å². The van der Waals surface area contributed by atoms with E-state index in [9.17, 15) is 21.6 Å². The predicted molar refractivity (Wildman–Crippen MR) is 245 cm³/mol. The van der Waals surface area contributed by atoms with E-state index in [0.29, 0.717) is 54.6 Å². The summed E-state index contributed by atoms with van der Waals surface area (Å²) in [5.74, 6) is -0.0711. The van der Waals surface area contributed by atoms with Gasteiger partial charge in [0, 0.05) is 44.0 Å². The zero-order valence-corrected chi connectivity index (χ0v) is 39.4. The van der Waals surface area contributed by atoms with E-state index in [1.807, 2.05) is 30.9 Å². The molecule has 0 aliphatic heterocycles. The van der Waals surface area contributed by atoms with Gasteiger partial charge < -0.3 is 10.2 Å². The Kier molecular flexibility index (Phi) is 20.7. The second kappa shape index (κ2) is 24.3. The van der Waals surface area contributed by atoms with Crippen molar-refractivity contribution in [1.29, 1.82) is 0 Å². The third kappa shape index (κ3) is 15.7. The number of benzene rings is 2. The van der Waals surface area contributed by atoms with E-state index in [-0.39, 0.29) is 32.9 Å². The monoisotopic (exact) mass is 893 g/mol. The maximum atomic E-state index is 14.3. The summed E-state index contributed by atoms with van der Waals surface area (Å²) in [6.45, 7) is 15.7. The van der Waals surface area contributed by atoms with E-state index in [4.69, 9.17) is 28.2 Å². The Bertz CT molecular complexity index is 2080. The van der Waals surface area contributed by atoms with Crippen molar-refractivity contribution in [1.82, 2.24) is 19.0 Å². The molecular weight excluding hydrogens is 830 g/mol. The van der Waals surface area contributed by atoms with Crippen LogP contribution in [0.3, 0.4) is 0 Å². The number of carbonyl (C=O) groups excluding carboxylic acids is 1. The summed E-state index contributed by atoms with van der Waals surface area (Å²) in [4.78, 5) is 30.2. The quantitative estimate of drug-likeness (QED) is 0.0597. The van der Waals surface area contributed by atoms with Crippen molar-refractivity contribution in [3.63, 3.8) is 0 Å². The van der Waals surface area contributed by atoms with Gasteiger partial charge in [0.15, 0.2) is 0 Å². The summed E-state index contributed by atoms with van der Waals surface area (Å²) in [6, 6.07) is 8.30. The van der Waals surface area contributed by atoms with Crippen molar-refractivity contribution in [2.24, 2.45) is 4.99 Å². The first-order chi connectivity index (χ1) is 27.9. The first-order valence-electron chi connectivity index (χ1n) is 20.9. The van der Waals surface area contributed by atoms with Crippen molar-refractivity contribution in [2.75, 3.05) is 49.2 Å². The van der Waals surface area contributed by atoms with Gasteiger partial charge in [-0.05, 0) is 83.4 Å². The number of halogens is 2. The first-order valence-corrected chi connectivity index (χ1v) is 25.0. The minimum absolute atomic E-state index is 0.0129. The highest BCUT2D eigenvalue weighted by molar-refractivity contribution is 7.89. The van der Waals surface area contributed by atoms with Gasteiger partial charge in [0.2, 0.25) is 20.0 Å². The number of unbranched alkanes of at least 4 members (excludes halogenated alkanes) is 10. The van der Waals surface area contributed by atoms with Gasteiger partial charge in [-0.2, -0.15) is 4.31 Å². The molecule has 0 radical (unpaired) electrons. The summed E-state index contributed by atoms with van der Waals surface area (Å²) in [6.07, 6.45) is 13.6. The van der Waals surface area contributed by atoms with Gasteiger partial charge in [-0.3, -0.25) is 4.79 Å². The number of rotatable bonds is 26. The molecule has 1 aromatic heterocycles. The lowest BCUT2D eigenvalue weighted by Crippen LogP contribution is -2.34. The van der Waals surface area contributed by atoms with Crippen molar-refractivity contribution in [3.8, 4) is 0 Å². The molecule has 3 rings (SSSR count). The van der Waals surface area contributed by atoms with Gasteiger partial charge in [0.1, 0.15) is 16.4 Å². The lowest BCUT2D eigenvalue weighted by molar-refractivity contribution is -0.110. The molecule has 59 heavy (non-hydrogen) atoms. The molecule has 0 atom stereocenters. The molecule has 0 unspecified atom stereocenters. The average molecular weight is 895 g/mol. The highest BCUT2D eigenvalue weighted by atomic mass is 35.5. The van der Waals surface area contributed by atoms with E-state index in [1.165, 1.54) is 29.3 Å². The number of nitrogens with zero attached hydrogens (tertiary/aromatic N) is 5. The minimum atomic E-state index is -4.01. The van der Waals surface area contributed by atoms with Gasteiger partial charge in [0.05, 0.1) is 39.1 Å². The number of sulfonamides is 2. The molecule has 0 saturated heterocycles. The van der Waals surface area contributed by atoms with Crippen LogP contribution in [0.4, 0.5) is 17.1 Å². The molecule has 2 aromatic carbocycles. The normalized spacial score (nSPS) is 12.4. The molecule has 0 saturated carbocycles. The minimum Gasteiger partial charge on any atom is -0.370 e. The van der Waals surface area contributed by atoms with Gasteiger partial charge in [-0.15, -0.1) is 0 Å². The Morgan fingerprint density at radius 1 is 0.746 bits per heavy atom. The average Bonchev–Trinajstić information content (AvgIpc) is 3.15. The van der Waals surface area contributed by atoms with E-state index in [1.54, 1.807) is 26.8 Å². The molecule has 328 valence electrons. The van der Waals surface area contributed by atoms with Crippen LogP contribution in [-0.2, 0) is 24.8 Å². The first kappa shape index (κ1) is 50.2. The molecule has 0 aliphatic carbocycles. The lowest BCUT2D eigenvalue weighted by Gasteiger charge is -2.24. The Balaban J connectivity index is 1.97.